The maximum atomic E-state index is 13.1. The summed E-state index contributed by atoms with van der Waals surface area (Å²) in [5.41, 5.74) is 0.448. The van der Waals surface area contributed by atoms with Gasteiger partial charge < -0.3 is 9.32 Å². The van der Waals surface area contributed by atoms with Crippen LogP contribution in [0.3, 0.4) is 0 Å². The summed E-state index contributed by atoms with van der Waals surface area (Å²) in [6.07, 6.45) is 1.56. The number of amides is 2. The summed E-state index contributed by atoms with van der Waals surface area (Å²) >= 11 is 0. The van der Waals surface area contributed by atoms with E-state index in [1.165, 1.54) is 0 Å². The fourth-order valence-corrected chi connectivity index (χ4v) is 4.87. The number of benzene rings is 1. The number of carbonyl (C=O) groups is 2. The minimum absolute atomic E-state index is 0.102. The summed E-state index contributed by atoms with van der Waals surface area (Å²) in [7, 11) is -3.65. The molecule has 1 N–H and O–H groups in total. The quantitative estimate of drug-likeness (QED) is 0.824. The van der Waals surface area contributed by atoms with E-state index in [4.69, 9.17) is 4.42 Å². The summed E-state index contributed by atoms with van der Waals surface area (Å²) in [6, 6.07) is 7.44. The molecule has 1 aromatic carbocycles. The maximum absolute atomic E-state index is 13.1. The molecule has 2 heterocycles. The molecule has 1 unspecified atom stereocenters. The van der Waals surface area contributed by atoms with Crippen LogP contribution in [-0.2, 0) is 14.8 Å². The lowest BCUT2D eigenvalue weighted by atomic mass is 9.81. The van der Waals surface area contributed by atoms with Crippen molar-refractivity contribution in [1.82, 2.24) is 9.62 Å². The number of nitrogens with zero attached hydrogens (tertiary/aromatic N) is 1. The van der Waals surface area contributed by atoms with E-state index in [9.17, 15) is 18.0 Å². The Kier molecular flexibility index (Phi) is 5.52. The van der Waals surface area contributed by atoms with Crippen LogP contribution in [-0.4, -0.2) is 44.0 Å². The van der Waals surface area contributed by atoms with Crippen molar-refractivity contribution in [3.05, 3.63) is 35.6 Å². The Balaban J connectivity index is 1.81. The van der Waals surface area contributed by atoms with Crippen molar-refractivity contribution in [3.63, 3.8) is 0 Å². The second kappa shape index (κ2) is 7.58. The Morgan fingerprint density at radius 1 is 1.29 bits per heavy atom. The van der Waals surface area contributed by atoms with Gasteiger partial charge in [0.1, 0.15) is 5.58 Å². The molecule has 0 radical (unpaired) electrons. The molecule has 0 saturated carbocycles. The summed E-state index contributed by atoms with van der Waals surface area (Å²) in [4.78, 5) is 27.3. The Bertz CT molecular complexity index is 1010. The molecule has 28 heavy (non-hydrogen) atoms. The number of para-hydroxylation sites is 1. The van der Waals surface area contributed by atoms with Gasteiger partial charge in [0.05, 0.1) is 11.2 Å². The molecule has 0 bridgehead atoms. The van der Waals surface area contributed by atoms with Gasteiger partial charge in [-0.3, -0.25) is 14.3 Å². The van der Waals surface area contributed by atoms with E-state index in [1.807, 2.05) is 31.2 Å². The van der Waals surface area contributed by atoms with Crippen molar-refractivity contribution >= 4 is 32.8 Å². The van der Waals surface area contributed by atoms with Crippen molar-refractivity contribution in [2.24, 2.45) is 5.41 Å². The van der Waals surface area contributed by atoms with Crippen molar-refractivity contribution in [3.8, 4) is 0 Å². The van der Waals surface area contributed by atoms with Gasteiger partial charge in [-0.2, -0.15) is 0 Å². The largest absolute Gasteiger partial charge is 0.451 e. The maximum Gasteiger partial charge on any atom is 0.289 e. The molecule has 152 valence electrons. The molecule has 3 rings (SSSR count). The van der Waals surface area contributed by atoms with Crippen molar-refractivity contribution < 1.29 is 22.4 Å². The van der Waals surface area contributed by atoms with Crippen LogP contribution in [0.4, 0.5) is 0 Å². The third kappa shape index (κ3) is 3.92. The van der Waals surface area contributed by atoms with E-state index >= 15 is 0 Å². The van der Waals surface area contributed by atoms with Gasteiger partial charge in [-0.1, -0.05) is 25.1 Å². The van der Waals surface area contributed by atoms with Crippen LogP contribution < -0.4 is 4.72 Å². The van der Waals surface area contributed by atoms with E-state index in [1.54, 1.807) is 18.7 Å². The second-order valence-corrected chi connectivity index (χ2v) is 9.54. The van der Waals surface area contributed by atoms with Crippen LogP contribution in [0.5, 0.6) is 0 Å². The zero-order chi connectivity index (χ0) is 20.5. The van der Waals surface area contributed by atoms with Gasteiger partial charge in [-0.25, -0.2) is 8.42 Å². The molecule has 1 aliphatic rings. The van der Waals surface area contributed by atoms with Crippen molar-refractivity contribution in [2.45, 2.75) is 40.0 Å². The molecular formula is C20H26N2O5S. The molecule has 1 fully saturated rings. The second-order valence-electron chi connectivity index (χ2n) is 7.69. The van der Waals surface area contributed by atoms with Crippen LogP contribution in [0, 0.1) is 12.3 Å². The highest BCUT2D eigenvalue weighted by Gasteiger charge is 2.41. The van der Waals surface area contributed by atoms with Gasteiger partial charge in [0.15, 0.2) is 5.76 Å². The number of hydrogen-bond acceptors (Lipinski definition) is 5. The van der Waals surface area contributed by atoms with E-state index < -0.39 is 21.3 Å². The molecule has 1 aliphatic heterocycles. The predicted molar refractivity (Wildman–Crippen MR) is 106 cm³/mol. The third-order valence-corrected chi connectivity index (χ3v) is 6.73. The predicted octanol–water partition coefficient (Wildman–Crippen LogP) is 2.84. The SMILES string of the molecule is CCCS(=O)(=O)NC(=O)C1(C)CCCN(C(=O)c2oc3ccccc3c2C)C1. The fourth-order valence-electron chi connectivity index (χ4n) is 3.70. The monoisotopic (exact) mass is 406 g/mol. The van der Waals surface area contributed by atoms with Crippen molar-refractivity contribution in [1.29, 1.82) is 0 Å². The first-order chi connectivity index (χ1) is 13.2. The van der Waals surface area contributed by atoms with E-state index in [0.717, 1.165) is 10.9 Å². The molecule has 0 aliphatic carbocycles. The highest BCUT2D eigenvalue weighted by atomic mass is 32.2. The average molecular weight is 407 g/mol. The fraction of sp³-hybridized carbons (Fsp3) is 0.500. The Morgan fingerprint density at radius 3 is 2.68 bits per heavy atom. The Morgan fingerprint density at radius 2 is 2.00 bits per heavy atom. The minimum atomic E-state index is -3.65. The van der Waals surface area contributed by atoms with E-state index in [-0.39, 0.29) is 24.0 Å². The molecule has 8 heteroatoms. The summed E-state index contributed by atoms with van der Waals surface area (Å²) in [5, 5.41) is 0.883. The molecule has 7 nitrogen and oxygen atoms in total. The molecular weight excluding hydrogens is 380 g/mol. The van der Waals surface area contributed by atoms with E-state index in [2.05, 4.69) is 4.72 Å². The number of carbonyl (C=O) groups excluding carboxylic acids is 2. The van der Waals surface area contributed by atoms with Gasteiger partial charge in [0.2, 0.25) is 15.9 Å². The zero-order valence-corrected chi connectivity index (χ0v) is 17.3. The molecule has 2 amide bonds. The molecule has 0 spiro atoms. The average Bonchev–Trinajstić information content (AvgIpc) is 2.98. The van der Waals surface area contributed by atoms with Crippen LogP contribution in [0.2, 0.25) is 0 Å². The van der Waals surface area contributed by atoms with Crippen LogP contribution in [0.15, 0.2) is 28.7 Å². The summed E-state index contributed by atoms with van der Waals surface area (Å²) < 4.78 is 31.9. The zero-order valence-electron chi connectivity index (χ0n) is 16.4. The van der Waals surface area contributed by atoms with Gasteiger partial charge in [0.25, 0.3) is 5.91 Å². The molecule has 1 saturated heterocycles. The lowest BCUT2D eigenvalue weighted by molar-refractivity contribution is -0.130. The van der Waals surface area contributed by atoms with Gasteiger partial charge in [0, 0.05) is 24.0 Å². The normalized spacial score (nSPS) is 20.3. The Labute approximate surface area is 165 Å². The summed E-state index contributed by atoms with van der Waals surface area (Å²) in [5.74, 6) is -0.664. The highest BCUT2D eigenvalue weighted by Crippen LogP contribution is 2.32. The standard InChI is InChI=1S/C20H26N2O5S/c1-4-12-28(25,26)21-19(24)20(3)10-7-11-22(13-20)18(23)17-14(2)15-8-5-6-9-16(15)27-17/h5-6,8-9H,4,7,10-13H2,1-3H3,(H,21,24). The molecule has 1 aromatic heterocycles. The summed E-state index contributed by atoms with van der Waals surface area (Å²) in [6.45, 7) is 5.93. The van der Waals surface area contributed by atoms with Crippen LogP contribution >= 0.6 is 0 Å². The first-order valence-corrected chi connectivity index (χ1v) is 11.1. The third-order valence-electron chi connectivity index (χ3n) is 5.29. The smallest absolute Gasteiger partial charge is 0.289 e. The molecule has 1 atom stereocenters. The van der Waals surface area contributed by atoms with E-state index in [0.29, 0.717) is 31.4 Å². The number of nitrogens with one attached hydrogen (secondary N) is 1. The number of furan rings is 1. The Hall–Kier alpha value is -2.35. The van der Waals surface area contributed by atoms with Crippen LogP contribution in [0.25, 0.3) is 11.0 Å². The lowest BCUT2D eigenvalue weighted by Crippen LogP contribution is -2.53. The number of hydrogen-bond donors (Lipinski definition) is 1. The number of aryl methyl sites for hydroxylation is 1. The van der Waals surface area contributed by atoms with Crippen LogP contribution in [0.1, 0.15) is 49.2 Å². The van der Waals surface area contributed by atoms with Gasteiger partial charge >= 0.3 is 0 Å². The number of piperidine rings is 1. The number of sulfonamides is 1. The lowest BCUT2D eigenvalue weighted by Gasteiger charge is -2.38. The van der Waals surface area contributed by atoms with Gasteiger partial charge in [-0.15, -0.1) is 0 Å². The van der Waals surface area contributed by atoms with Gasteiger partial charge in [-0.05, 0) is 39.2 Å². The molecule has 2 aromatic rings. The first-order valence-electron chi connectivity index (χ1n) is 9.49. The highest BCUT2D eigenvalue weighted by molar-refractivity contribution is 7.90. The number of fused-ring (bicyclic) bond motifs is 1. The minimum Gasteiger partial charge on any atom is -0.451 e. The number of likely N-dealkylation sites (tertiary alicyclic amines) is 1. The topological polar surface area (TPSA) is 96.7 Å². The number of rotatable bonds is 5. The first kappa shape index (κ1) is 20.4. The van der Waals surface area contributed by atoms with Crippen molar-refractivity contribution in [2.75, 3.05) is 18.8 Å².